The molecule has 1 aliphatic heterocycles. The van der Waals surface area contributed by atoms with Crippen LogP contribution >= 0.6 is 0 Å². The number of aryl methyl sites for hydroxylation is 1. The van der Waals surface area contributed by atoms with Crippen molar-refractivity contribution in [1.29, 1.82) is 0 Å². The van der Waals surface area contributed by atoms with Crippen molar-refractivity contribution in [2.45, 2.75) is 90.0 Å². The summed E-state index contributed by atoms with van der Waals surface area (Å²) in [5, 5.41) is 10.2. The van der Waals surface area contributed by atoms with Gasteiger partial charge in [0.2, 0.25) is 35.4 Å². The van der Waals surface area contributed by atoms with Gasteiger partial charge in [0.05, 0.1) is 0 Å². The van der Waals surface area contributed by atoms with Gasteiger partial charge in [-0.2, -0.15) is 0 Å². The maximum atomic E-state index is 13.4. The van der Waals surface area contributed by atoms with Gasteiger partial charge in [-0.15, -0.1) is 0 Å². The molecular formula is C29H45N8O7+. The molecule has 0 bridgehead atoms. The molecule has 15 heteroatoms. The number of hydrogen-bond acceptors (Lipinski definition) is 7. The molecule has 1 aromatic heterocycles. The fourth-order valence-electron chi connectivity index (χ4n) is 4.82. The largest absolute Gasteiger partial charge is 0.370 e. The van der Waals surface area contributed by atoms with Gasteiger partial charge in [0.25, 0.3) is 5.91 Å². The number of amides is 7. The Morgan fingerprint density at radius 1 is 0.909 bits per heavy atom. The second kappa shape index (κ2) is 16.3. The van der Waals surface area contributed by atoms with Crippen molar-refractivity contribution in [3.8, 4) is 0 Å². The number of carbonyl (C=O) groups excluding carboxylic acids is 7. The molecule has 0 radical (unpaired) electrons. The molecule has 2 rings (SSSR count). The number of likely N-dealkylation sites (tertiary alicyclic amines) is 1. The lowest BCUT2D eigenvalue weighted by Crippen LogP contribution is -2.58. The summed E-state index contributed by atoms with van der Waals surface area (Å²) in [4.78, 5) is 89.7. The number of aromatic nitrogens is 1. The van der Waals surface area contributed by atoms with Crippen LogP contribution in [0, 0.1) is 5.92 Å². The van der Waals surface area contributed by atoms with Crippen LogP contribution in [0.5, 0.6) is 0 Å². The third-order valence-electron chi connectivity index (χ3n) is 7.19. The number of nitrogens with one attached hydrogen (secondary N) is 4. The Hall–Kier alpha value is -4.56. The molecule has 0 unspecified atom stereocenters. The fraction of sp³-hybridized carbons (Fsp3) is 0.586. The molecule has 15 nitrogen and oxygen atoms in total. The van der Waals surface area contributed by atoms with Crippen molar-refractivity contribution in [2.24, 2.45) is 24.4 Å². The molecule has 8 N–H and O–H groups in total. The average Bonchev–Trinajstić information content (AvgIpc) is 3.44. The van der Waals surface area contributed by atoms with Crippen LogP contribution in [0.2, 0.25) is 0 Å². The summed E-state index contributed by atoms with van der Waals surface area (Å²) in [5.41, 5.74) is 11.1. The van der Waals surface area contributed by atoms with Crippen LogP contribution in [0.15, 0.2) is 24.5 Å². The SMILES string of the molecule is CC(C)C[C@H](NC(=O)[C@H](CCC(N)=O)NC(=O)[C@H](C)NC(=O)[C@H](C)NC(=O)c1ccc[n+](C)c1)C(=O)N1CCC[C@H]1C(N)=O. The molecule has 0 aliphatic carbocycles. The Kier molecular flexibility index (Phi) is 13.2. The number of primary amides is 2. The second-order valence-electron chi connectivity index (χ2n) is 11.5. The lowest BCUT2D eigenvalue weighted by Gasteiger charge is -2.30. The maximum Gasteiger partial charge on any atom is 0.257 e. The minimum atomic E-state index is -1.27. The first-order valence-corrected chi connectivity index (χ1v) is 14.7. The van der Waals surface area contributed by atoms with Gasteiger partial charge in [0, 0.05) is 19.0 Å². The van der Waals surface area contributed by atoms with Gasteiger partial charge in [-0.25, -0.2) is 4.57 Å². The number of pyridine rings is 1. The minimum Gasteiger partial charge on any atom is -0.370 e. The maximum absolute atomic E-state index is 13.4. The van der Waals surface area contributed by atoms with Crippen molar-refractivity contribution >= 4 is 41.4 Å². The van der Waals surface area contributed by atoms with Gasteiger partial charge in [-0.1, -0.05) is 13.8 Å². The fourth-order valence-corrected chi connectivity index (χ4v) is 4.82. The van der Waals surface area contributed by atoms with Crippen LogP contribution in [0.3, 0.4) is 0 Å². The second-order valence-corrected chi connectivity index (χ2v) is 11.5. The molecule has 1 fully saturated rings. The van der Waals surface area contributed by atoms with E-state index in [4.69, 9.17) is 11.5 Å². The Morgan fingerprint density at radius 2 is 1.52 bits per heavy atom. The minimum absolute atomic E-state index is 0.0140. The molecule has 0 spiro atoms. The van der Waals surface area contributed by atoms with Crippen molar-refractivity contribution in [1.82, 2.24) is 26.2 Å². The number of carbonyl (C=O) groups is 7. The number of nitrogens with zero attached hydrogens (tertiary/aromatic N) is 2. The molecule has 242 valence electrons. The van der Waals surface area contributed by atoms with Crippen LogP contribution in [-0.4, -0.2) is 83.0 Å². The Morgan fingerprint density at radius 3 is 2.11 bits per heavy atom. The van der Waals surface area contributed by atoms with Gasteiger partial charge < -0.3 is 37.6 Å². The van der Waals surface area contributed by atoms with E-state index in [1.807, 2.05) is 13.8 Å². The zero-order chi connectivity index (χ0) is 33.1. The van der Waals surface area contributed by atoms with Crippen LogP contribution in [0.1, 0.15) is 70.2 Å². The van der Waals surface area contributed by atoms with Crippen molar-refractivity contribution in [2.75, 3.05) is 6.54 Å². The molecule has 1 saturated heterocycles. The molecule has 1 aliphatic rings. The smallest absolute Gasteiger partial charge is 0.257 e. The predicted molar refractivity (Wildman–Crippen MR) is 158 cm³/mol. The third kappa shape index (κ3) is 10.6. The highest BCUT2D eigenvalue weighted by atomic mass is 16.2. The summed E-state index contributed by atoms with van der Waals surface area (Å²) in [6.45, 7) is 6.89. The highest BCUT2D eigenvalue weighted by Crippen LogP contribution is 2.20. The van der Waals surface area contributed by atoms with Crippen LogP contribution < -0.4 is 37.3 Å². The van der Waals surface area contributed by atoms with Gasteiger partial charge in [0.15, 0.2) is 12.4 Å². The van der Waals surface area contributed by atoms with Gasteiger partial charge in [-0.05, 0) is 51.5 Å². The highest BCUT2D eigenvalue weighted by Gasteiger charge is 2.38. The van der Waals surface area contributed by atoms with Gasteiger partial charge in [0.1, 0.15) is 42.8 Å². The van der Waals surface area contributed by atoms with E-state index in [2.05, 4.69) is 21.3 Å². The summed E-state index contributed by atoms with van der Waals surface area (Å²) in [7, 11) is 1.75. The van der Waals surface area contributed by atoms with E-state index in [0.717, 1.165) is 0 Å². The first-order chi connectivity index (χ1) is 20.6. The van der Waals surface area contributed by atoms with Gasteiger partial charge in [-0.3, -0.25) is 33.6 Å². The Labute approximate surface area is 256 Å². The standard InChI is InChI=1S/C29H44N8O7/c1-16(2)14-21(29(44)37-13-7-9-22(37)24(31)39)35-28(43)20(10-11-23(30)38)34-26(41)18(4)32-25(40)17(3)33-27(42)19-8-6-12-36(5)15-19/h6,8,12,15-18,20-22H,7,9-11,13-14H2,1-5H3,(H7-,30,31,32,33,34,35,38,39,40,41,42,43)/p+1/t17-,18-,20-,21-,22-/m0/s1. The van der Waals surface area contributed by atoms with E-state index in [9.17, 15) is 33.6 Å². The summed E-state index contributed by atoms with van der Waals surface area (Å²) in [6, 6.07) is -1.89. The molecule has 5 atom stereocenters. The lowest BCUT2D eigenvalue weighted by atomic mass is 10.0. The number of nitrogens with two attached hydrogens (primary N) is 2. The van der Waals surface area contributed by atoms with Crippen LogP contribution in [-0.2, 0) is 35.8 Å². The van der Waals surface area contributed by atoms with Gasteiger partial charge >= 0.3 is 0 Å². The highest BCUT2D eigenvalue weighted by molar-refractivity contribution is 5.98. The normalized spacial score (nSPS) is 17.1. The quantitative estimate of drug-likeness (QED) is 0.120. The first-order valence-electron chi connectivity index (χ1n) is 14.7. The summed E-state index contributed by atoms with van der Waals surface area (Å²) in [5.74, 6) is -4.40. The van der Waals surface area contributed by atoms with Crippen molar-refractivity contribution in [3.05, 3.63) is 30.1 Å². The van der Waals surface area contributed by atoms with E-state index >= 15 is 0 Å². The summed E-state index contributed by atoms with van der Waals surface area (Å²) >= 11 is 0. The summed E-state index contributed by atoms with van der Waals surface area (Å²) in [6.07, 6.45) is 4.21. The molecular weight excluding hydrogens is 572 g/mol. The van der Waals surface area contributed by atoms with Crippen molar-refractivity contribution < 1.29 is 38.1 Å². The predicted octanol–water partition coefficient (Wildman–Crippen LogP) is -2.11. The van der Waals surface area contributed by atoms with E-state index in [1.54, 1.807) is 36.1 Å². The third-order valence-corrected chi connectivity index (χ3v) is 7.19. The topological polar surface area (TPSA) is 227 Å². The molecule has 2 heterocycles. The monoisotopic (exact) mass is 617 g/mol. The summed E-state index contributed by atoms with van der Waals surface area (Å²) < 4.78 is 1.68. The van der Waals surface area contributed by atoms with E-state index in [1.165, 1.54) is 18.7 Å². The molecule has 0 saturated carbocycles. The average molecular weight is 618 g/mol. The Bertz CT molecular complexity index is 1250. The molecule has 7 amide bonds. The zero-order valence-corrected chi connectivity index (χ0v) is 25.9. The molecule has 1 aromatic rings. The lowest BCUT2D eigenvalue weighted by molar-refractivity contribution is -0.671. The van der Waals surface area contributed by atoms with E-state index in [-0.39, 0.29) is 25.2 Å². The van der Waals surface area contributed by atoms with Crippen LogP contribution in [0.4, 0.5) is 0 Å². The number of hydrogen-bond donors (Lipinski definition) is 6. The molecule has 0 aromatic carbocycles. The first kappa shape index (κ1) is 35.6. The van der Waals surface area contributed by atoms with Crippen molar-refractivity contribution in [3.63, 3.8) is 0 Å². The van der Waals surface area contributed by atoms with Crippen LogP contribution in [0.25, 0.3) is 0 Å². The van der Waals surface area contributed by atoms with E-state index < -0.39 is 71.6 Å². The van der Waals surface area contributed by atoms with E-state index in [0.29, 0.717) is 24.9 Å². The Balaban J connectivity index is 2.09. The molecule has 44 heavy (non-hydrogen) atoms. The number of rotatable bonds is 15. The zero-order valence-electron chi connectivity index (χ0n) is 25.9.